The minimum atomic E-state index is -0.659. The molecule has 10 nitrogen and oxygen atoms in total. The van der Waals surface area contributed by atoms with E-state index in [1.165, 1.54) is 43.8 Å². The number of likely N-dealkylation sites (tertiary alicyclic amines) is 1. The van der Waals surface area contributed by atoms with Gasteiger partial charge in [-0.25, -0.2) is 14.8 Å². The Morgan fingerprint density at radius 2 is 1.65 bits per heavy atom. The van der Waals surface area contributed by atoms with Gasteiger partial charge < -0.3 is 30.2 Å². The lowest BCUT2D eigenvalue weighted by molar-refractivity contribution is -0.135. The van der Waals surface area contributed by atoms with Crippen molar-refractivity contribution in [3.8, 4) is 32.1 Å². The molecule has 2 aliphatic heterocycles. The molecule has 3 atom stereocenters. The molecule has 0 radical (unpaired) electrons. The Morgan fingerprint density at radius 3 is 2.37 bits per heavy atom. The SMILES string of the molecule is COC(=O)N[C@H](C(=O)N1CCCC1c1nc(-c2ccc(-c3cc4sc(-c5ccc6nc(C7CCCN7)[nH]c6c5)cc4s3)cc2)c[nH]1)C(C)C. The minimum Gasteiger partial charge on any atom is -0.453 e. The zero-order chi connectivity index (χ0) is 33.6. The van der Waals surface area contributed by atoms with Crippen LogP contribution in [0.25, 0.3) is 52.6 Å². The van der Waals surface area contributed by atoms with Crippen molar-refractivity contribution in [3.05, 3.63) is 72.4 Å². The van der Waals surface area contributed by atoms with E-state index in [1.54, 1.807) is 0 Å². The largest absolute Gasteiger partial charge is 0.453 e. The van der Waals surface area contributed by atoms with Gasteiger partial charge in [-0.1, -0.05) is 44.2 Å². The van der Waals surface area contributed by atoms with Crippen molar-refractivity contribution in [2.24, 2.45) is 5.92 Å². The number of imidazole rings is 2. The van der Waals surface area contributed by atoms with Crippen LogP contribution in [0.1, 0.15) is 63.3 Å². The molecular weight excluding hydrogens is 655 g/mol. The van der Waals surface area contributed by atoms with Crippen molar-refractivity contribution in [1.29, 1.82) is 0 Å². The molecule has 2 saturated heterocycles. The van der Waals surface area contributed by atoms with E-state index in [1.807, 2.05) is 47.6 Å². The molecule has 0 bridgehead atoms. The summed E-state index contributed by atoms with van der Waals surface area (Å²) < 4.78 is 7.33. The molecule has 49 heavy (non-hydrogen) atoms. The van der Waals surface area contributed by atoms with Crippen LogP contribution in [0.4, 0.5) is 4.79 Å². The Hall–Kier alpha value is -4.52. The molecule has 8 rings (SSSR count). The smallest absolute Gasteiger partial charge is 0.407 e. The van der Waals surface area contributed by atoms with Crippen LogP contribution in [0.15, 0.2) is 60.8 Å². The van der Waals surface area contributed by atoms with Gasteiger partial charge in [-0.05, 0) is 73.5 Å². The first-order chi connectivity index (χ1) is 23.8. The number of carbonyl (C=O) groups excluding carboxylic acids is 2. The van der Waals surface area contributed by atoms with E-state index >= 15 is 0 Å². The quantitative estimate of drug-likeness (QED) is 0.128. The summed E-state index contributed by atoms with van der Waals surface area (Å²) in [5, 5.41) is 6.24. The molecule has 0 saturated carbocycles. The summed E-state index contributed by atoms with van der Waals surface area (Å²) >= 11 is 3.64. The number of alkyl carbamates (subject to hydrolysis) is 1. The van der Waals surface area contributed by atoms with Crippen LogP contribution in [0.5, 0.6) is 0 Å². The zero-order valence-corrected chi connectivity index (χ0v) is 29.3. The fourth-order valence-corrected chi connectivity index (χ4v) is 9.44. The van der Waals surface area contributed by atoms with Gasteiger partial charge in [-0.3, -0.25) is 4.79 Å². The van der Waals surface area contributed by atoms with Crippen molar-refractivity contribution >= 4 is 55.1 Å². The maximum absolute atomic E-state index is 13.5. The molecule has 6 aromatic rings. The summed E-state index contributed by atoms with van der Waals surface area (Å²) in [7, 11) is 1.30. The summed E-state index contributed by atoms with van der Waals surface area (Å²) in [4.78, 5) is 46.4. The number of thiophene rings is 2. The first kappa shape index (κ1) is 31.7. The number of nitrogens with one attached hydrogen (secondary N) is 4. The molecule has 2 unspecified atom stereocenters. The van der Waals surface area contributed by atoms with E-state index in [-0.39, 0.29) is 17.9 Å². The lowest BCUT2D eigenvalue weighted by atomic mass is 10.0. The molecule has 0 spiro atoms. The molecule has 2 aliphatic rings. The van der Waals surface area contributed by atoms with Crippen molar-refractivity contribution in [2.75, 3.05) is 20.2 Å². The number of methoxy groups -OCH3 is 1. The standard InChI is InChI=1S/C37H39N7O3S2/c1-20(2)33(43-37(46)47-3)36(45)44-15-5-7-28(44)35-39-19-27(42-35)21-8-10-22(11-9-21)29-17-31-32(48-29)18-30(49-31)23-12-13-24-26(16-23)41-34(40-24)25-6-4-14-38-25/h8-13,16-20,25,28,33,38H,4-7,14-15H2,1-3H3,(H,39,42)(H,40,41)(H,43,46)/t25?,28?,33-/m0/s1. The average Bonchev–Trinajstić information content (AvgIpc) is 3.95. The van der Waals surface area contributed by atoms with Crippen LogP contribution < -0.4 is 10.6 Å². The molecule has 6 heterocycles. The fourth-order valence-electron chi connectivity index (χ4n) is 7.04. The van der Waals surface area contributed by atoms with Gasteiger partial charge in [0.05, 0.1) is 35.9 Å². The lowest BCUT2D eigenvalue weighted by Crippen LogP contribution is -2.51. The van der Waals surface area contributed by atoms with Gasteiger partial charge in [0.1, 0.15) is 17.7 Å². The van der Waals surface area contributed by atoms with Gasteiger partial charge in [0.15, 0.2) is 0 Å². The third-order valence-electron chi connectivity index (χ3n) is 9.69. The molecule has 0 aliphatic carbocycles. The minimum absolute atomic E-state index is 0.0788. The van der Waals surface area contributed by atoms with E-state index in [0.29, 0.717) is 12.6 Å². The van der Waals surface area contributed by atoms with Crippen molar-refractivity contribution < 1.29 is 14.3 Å². The zero-order valence-electron chi connectivity index (χ0n) is 27.7. The first-order valence-corrected chi connectivity index (χ1v) is 18.6. The Balaban J connectivity index is 0.964. The number of amides is 2. The Kier molecular flexibility index (Phi) is 8.46. The fraction of sp³-hybridized carbons (Fsp3) is 0.351. The second kappa shape index (κ2) is 13.1. The summed E-state index contributed by atoms with van der Waals surface area (Å²) in [6, 6.07) is 19.1. The molecular formula is C37H39N7O3S2. The summed E-state index contributed by atoms with van der Waals surface area (Å²) in [5.41, 5.74) is 6.34. The first-order valence-electron chi connectivity index (χ1n) is 16.9. The Morgan fingerprint density at radius 1 is 0.918 bits per heavy atom. The van der Waals surface area contributed by atoms with Gasteiger partial charge in [0, 0.05) is 37.5 Å². The van der Waals surface area contributed by atoms with Crippen molar-refractivity contribution in [2.45, 2.75) is 57.7 Å². The Bertz CT molecular complexity index is 2110. The number of ether oxygens (including phenoxy) is 1. The van der Waals surface area contributed by atoms with Crippen molar-refractivity contribution in [1.82, 2.24) is 35.5 Å². The van der Waals surface area contributed by atoms with Crippen LogP contribution >= 0.6 is 22.7 Å². The number of nitrogens with zero attached hydrogens (tertiary/aromatic N) is 3. The molecule has 2 fully saturated rings. The average molecular weight is 694 g/mol. The summed E-state index contributed by atoms with van der Waals surface area (Å²) in [5.74, 6) is 1.61. The maximum Gasteiger partial charge on any atom is 0.407 e. The highest BCUT2D eigenvalue weighted by molar-refractivity contribution is 7.31. The second-order valence-electron chi connectivity index (χ2n) is 13.2. The molecule has 12 heteroatoms. The van der Waals surface area contributed by atoms with Crippen LogP contribution in [0.2, 0.25) is 0 Å². The topological polar surface area (TPSA) is 128 Å². The number of H-pyrrole nitrogens is 2. The van der Waals surface area contributed by atoms with Crippen LogP contribution in [-0.4, -0.2) is 63.1 Å². The van der Waals surface area contributed by atoms with E-state index in [2.05, 4.69) is 75.2 Å². The van der Waals surface area contributed by atoms with Crippen LogP contribution in [-0.2, 0) is 9.53 Å². The number of aromatic amines is 2. The Labute approximate surface area is 292 Å². The highest BCUT2D eigenvalue weighted by Crippen LogP contribution is 2.42. The summed E-state index contributed by atoms with van der Waals surface area (Å²) in [6.45, 7) is 5.51. The number of rotatable bonds is 8. The van der Waals surface area contributed by atoms with E-state index in [4.69, 9.17) is 14.7 Å². The van der Waals surface area contributed by atoms with Crippen LogP contribution in [0.3, 0.4) is 0 Å². The molecule has 252 valence electrons. The predicted octanol–water partition coefficient (Wildman–Crippen LogP) is 8.03. The van der Waals surface area contributed by atoms with Gasteiger partial charge >= 0.3 is 6.09 Å². The van der Waals surface area contributed by atoms with Crippen molar-refractivity contribution in [3.63, 3.8) is 0 Å². The number of aromatic nitrogens is 4. The molecule has 4 aromatic heterocycles. The summed E-state index contributed by atoms with van der Waals surface area (Å²) in [6.07, 6.45) is 5.32. The second-order valence-corrected chi connectivity index (χ2v) is 15.4. The molecule has 2 amide bonds. The number of fused-ring (bicyclic) bond motifs is 2. The van der Waals surface area contributed by atoms with Crippen LogP contribution in [0, 0.1) is 5.92 Å². The van der Waals surface area contributed by atoms with Gasteiger partial charge in [0.2, 0.25) is 5.91 Å². The maximum atomic E-state index is 13.5. The molecule has 2 aromatic carbocycles. The third-order valence-corrected chi connectivity index (χ3v) is 12.1. The van der Waals surface area contributed by atoms with Gasteiger partial charge in [0.25, 0.3) is 0 Å². The highest BCUT2D eigenvalue weighted by Gasteiger charge is 2.37. The number of carbonyl (C=O) groups is 2. The van der Waals surface area contributed by atoms with E-state index in [9.17, 15) is 9.59 Å². The van der Waals surface area contributed by atoms with E-state index < -0.39 is 12.1 Å². The van der Waals surface area contributed by atoms with E-state index in [0.717, 1.165) is 59.7 Å². The number of hydrogen-bond donors (Lipinski definition) is 4. The highest BCUT2D eigenvalue weighted by atomic mass is 32.1. The predicted molar refractivity (Wildman–Crippen MR) is 196 cm³/mol. The normalized spacial score (nSPS) is 18.6. The molecule has 4 N–H and O–H groups in total. The number of benzene rings is 2. The lowest BCUT2D eigenvalue weighted by Gasteiger charge is -2.29. The number of hydrogen-bond acceptors (Lipinski definition) is 8. The monoisotopic (exact) mass is 693 g/mol. The third kappa shape index (κ3) is 6.13. The van der Waals surface area contributed by atoms with Gasteiger partial charge in [-0.15, -0.1) is 22.7 Å². The van der Waals surface area contributed by atoms with Gasteiger partial charge in [-0.2, -0.15) is 0 Å².